The monoisotopic (exact) mass is 458 g/mol. The van der Waals surface area contributed by atoms with Crippen molar-refractivity contribution < 1.29 is 12.8 Å². The summed E-state index contributed by atoms with van der Waals surface area (Å²) in [6.45, 7) is 3.48. The lowest BCUT2D eigenvalue weighted by Crippen LogP contribution is -2.48. The van der Waals surface area contributed by atoms with Crippen molar-refractivity contribution in [2.24, 2.45) is 0 Å². The largest absolute Gasteiger partial charge is 0.441 e. The topological polar surface area (TPSA) is 79.5 Å². The van der Waals surface area contributed by atoms with Gasteiger partial charge in [0.05, 0.1) is 21.1 Å². The lowest BCUT2D eigenvalue weighted by molar-refractivity contribution is 0.385. The molecule has 0 spiro atoms. The van der Waals surface area contributed by atoms with Crippen LogP contribution in [0.1, 0.15) is 5.76 Å². The molecular formula is C17H16Cl2N4O3S2. The zero-order valence-electron chi connectivity index (χ0n) is 14.8. The molecule has 1 aliphatic rings. The second-order valence-corrected chi connectivity index (χ2v) is 10.5. The predicted octanol–water partition coefficient (Wildman–Crippen LogP) is 3.92. The quantitative estimate of drug-likeness (QED) is 0.589. The fraction of sp³-hybridized carbons (Fsp3) is 0.294. The molecule has 0 N–H and O–H groups in total. The van der Waals surface area contributed by atoms with E-state index in [9.17, 15) is 8.42 Å². The number of rotatable bonds is 4. The van der Waals surface area contributed by atoms with E-state index in [1.165, 1.54) is 10.4 Å². The van der Waals surface area contributed by atoms with E-state index < -0.39 is 10.0 Å². The zero-order chi connectivity index (χ0) is 19.9. The maximum Gasteiger partial charge on any atom is 0.252 e. The number of nitrogens with zero attached hydrogens (tertiary/aromatic N) is 4. The van der Waals surface area contributed by atoms with Gasteiger partial charge in [-0.15, -0.1) is 11.3 Å². The van der Waals surface area contributed by atoms with Crippen molar-refractivity contribution in [2.75, 3.05) is 31.1 Å². The van der Waals surface area contributed by atoms with E-state index in [0.717, 1.165) is 11.3 Å². The summed E-state index contributed by atoms with van der Waals surface area (Å²) in [5, 5.41) is 0.467. The van der Waals surface area contributed by atoms with E-state index in [2.05, 4.69) is 9.97 Å². The Morgan fingerprint density at radius 3 is 2.43 bits per heavy atom. The third-order valence-corrected chi connectivity index (χ3v) is 8.25. The van der Waals surface area contributed by atoms with Crippen LogP contribution >= 0.6 is 34.5 Å². The van der Waals surface area contributed by atoms with Gasteiger partial charge >= 0.3 is 0 Å². The number of halogens is 2. The Balaban J connectivity index is 1.48. The van der Waals surface area contributed by atoms with Crippen LogP contribution in [0.25, 0.3) is 11.5 Å². The Morgan fingerprint density at radius 2 is 1.86 bits per heavy atom. The van der Waals surface area contributed by atoms with Crippen LogP contribution in [0, 0.1) is 6.92 Å². The fourth-order valence-corrected chi connectivity index (χ4v) is 6.32. The molecule has 0 bridgehead atoms. The maximum atomic E-state index is 12.7. The zero-order valence-corrected chi connectivity index (χ0v) is 17.9. The smallest absolute Gasteiger partial charge is 0.252 e. The van der Waals surface area contributed by atoms with Gasteiger partial charge in [0, 0.05) is 32.4 Å². The van der Waals surface area contributed by atoms with Crippen molar-refractivity contribution in [1.82, 2.24) is 14.3 Å². The fourth-order valence-electron chi connectivity index (χ4n) is 2.97. The van der Waals surface area contributed by atoms with Crippen LogP contribution in [0.15, 0.2) is 39.2 Å². The van der Waals surface area contributed by atoms with Crippen molar-refractivity contribution in [3.8, 4) is 11.5 Å². The van der Waals surface area contributed by atoms with E-state index in [0.29, 0.717) is 58.6 Å². The van der Waals surface area contributed by atoms with Crippen molar-refractivity contribution in [3.05, 3.63) is 45.7 Å². The Morgan fingerprint density at radius 1 is 1.11 bits per heavy atom. The summed E-state index contributed by atoms with van der Waals surface area (Å²) < 4.78 is 33.1. The van der Waals surface area contributed by atoms with Gasteiger partial charge in [0.1, 0.15) is 15.8 Å². The molecule has 0 radical (unpaired) electrons. The van der Waals surface area contributed by atoms with Crippen molar-refractivity contribution in [2.45, 2.75) is 11.1 Å². The third kappa shape index (κ3) is 3.77. The SMILES string of the molecule is Cc1cnc(-c2cnc(N3CCN(S(=O)(=O)c4ccc(Cl)s4)CC3)c(Cl)c2)o1. The number of aromatic nitrogens is 2. The average Bonchev–Trinajstić information content (AvgIpc) is 3.30. The number of anilines is 1. The standard InChI is InChI=1S/C17H16Cl2N4O3S2/c1-11-9-21-17(26-11)12-8-13(18)16(20-10-12)22-4-6-23(7-5-22)28(24,25)15-3-2-14(19)27-15/h2-3,8-10H,4-7H2,1H3. The number of sulfonamides is 1. The van der Waals surface area contributed by atoms with E-state index in [1.807, 2.05) is 11.8 Å². The summed E-state index contributed by atoms with van der Waals surface area (Å²) in [7, 11) is -3.53. The summed E-state index contributed by atoms with van der Waals surface area (Å²) in [5.74, 6) is 1.79. The molecule has 0 aliphatic carbocycles. The summed E-state index contributed by atoms with van der Waals surface area (Å²) in [5.41, 5.74) is 0.692. The van der Waals surface area contributed by atoms with Gasteiger partial charge in [-0.1, -0.05) is 23.2 Å². The number of aryl methyl sites for hydroxylation is 1. The minimum atomic E-state index is -3.53. The highest BCUT2D eigenvalue weighted by Gasteiger charge is 2.30. The van der Waals surface area contributed by atoms with Crippen LogP contribution < -0.4 is 4.90 Å². The molecule has 4 rings (SSSR count). The molecule has 0 unspecified atom stereocenters. The van der Waals surface area contributed by atoms with Gasteiger partial charge in [-0.3, -0.25) is 0 Å². The van der Waals surface area contributed by atoms with Crippen LogP contribution in [-0.2, 0) is 10.0 Å². The van der Waals surface area contributed by atoms with Crippen LogP contribution in [0.4, 0.5) is 5.82 Å². The first kappa shape index (κ1) is 19.7. The van der Waals surface area contributed by atoms with Crippen LogP contribution in [0.5, 0.6) is 0 Å². The molecule has 7 nitrogen and oxygen atoms in total. The average molecular weight is 459 g/mol. The second-order valence-electron chi connectivity index (χ2n) is 6.26. The summed E-state index contributed by atoms with van der Waals surface area (Å²) in [6, 6.07) is 4.89. The molecular weight excluding hydrogens is 443 g/mol. The number of pyridine rings is 1. The Bertz CT molecular complexity index is 1110. The normalized spacial score (nSPS) is 15.9. The minimum Gasteiger partial charge on any atom is -0.441 e. The highest BCUT2D eigenvalue weighted by Crippen LogP contribution is 2.31. The number of piperazine rings is 1. The first-order valence-electron chi connectivity index (χ1n) is 8.43. The molecule has 0 aromatic carbocycles. The molecule has 3 aromatic heterocycles. The van der Waals surface area contributed by atoms with E-state index in [4.69, 9.17) is 27.6 Å². The Hall–Kier alpha value is -1.65. The molecule has 4 heterocycles. The second kappa shape index (κ2) is 7.64. The minimum absolute atomic E-state index is 0.257. The predicted molar refractivity (Wildman–Crippen MR) is 110 cm³/mol. The molecule has 11 heteroatoms. The highest BCUT2D eigenvalue weighted by atomic mass is 35.5. The van der Waals surface area contributed by atoms with Gasteiger partial charge in [-0.25, -0.2) is 18.4 Å². The van der Waals surface area contributed by atoms with Crippen molar-refractivity contribution in [1.29, 1.82) is 0 Å². The van der Waals surface area contributed by atoms with Crippen LogP contribution in [0.2, 0.25) is 9.36 Å². The molecule has 28 heavy (non-hydrogen) atoms. The number of hydrogen-bond acceptors (Lipinski definition) is 7. The van der Waals surface area contributed by atoms with Crippen molar-refractivity contribution in [3.63, 3.8) is 0 Å². The van der Waals surface area contributed by atoms with Gasteiger partial charge in [0.25, 0.3) is 10.0 Å². The Kier molecular flexibility index (Phi) is 5.36. The highest BCUT2D eigenvalue weighted by molar-refractivity contribution is 7.91. The van der Waals surface area contributed by atoms with Crippen LogP contribution in [0.3, 0.4) is 0 Å². The molecule has 148 valence electrons. The first-order chi connectivity index (χ1) is 13.3. The number of hydrogen-bond donors (Lipinski definition) is 0. The van der Waals surface area contributed by atoms with Gasteiger partial charge in [0.15, 0.2) is 0 Å². The van der Waals surface area contributed by atoms with Gasteiger partial charge in [0.2, 0.25) is 5.89 Å². The summed E-state index contributed by atoms with van der Waals surface area (Å²) in [6.07, 6.45) is 3.29. The number of oxazole rings is 1. The van der Waals surface area contributed by atoms with Crippen LogP contribution in [-0.4, -0.2) is 48.9 Å². The molecule has 0 amide bonds. The number of thiophene rings is 1. The summed E-state index contributed by atoms with van der Waals surface area (Å²) in [4.78, 5) is 10.6. The summed E-state index contributed by atoms with van der Waals surface area (Å²) >= 11 is 13.4. The van der Waals surface area contributed by atoms with Gasteiger partial charge < -0.3 is 9.32 Å². The molecule has 1 fully saturated rings. The molecule has 3 aromatic rings. The van der Waals surface area contributed by atoms with E-state index in [-0.39, 0.29) is 4.21 Å². The molecule has 0 saturated carbocycles. The van der Waals surface area contributed by atoms with E-state index in [1.54, 1.807) is 24.5 Å². The third-order valence-electron chi connectivity index (χ3n) is 4.37. The van der Waals surface area contributed by atoms with E-state index >= 15 is 0 Å². The van der Waals surface area contributed by atoms with Crippen molar-refractivity contribution >= 4 is 50.4 Å². The van der Waals surface area contributed by atoms with Gasteiger partial charge in [-0.05, 0) is 25.1 Å². The maximum absolute atomic E-state index is 12.7. The molecule has 0 atom stereocenters. The molecule has 1 saturated heterocycles. The Labute approximate surface area is 176 Å². The lowest BCUT2D eigenvalue weighted by atomic mass is 10.2. The lowest BCUT2D eigenvalue weighted by Gasteiger charge is -2.34. The molecule has 1 aliphatic heterocycles. The van der Waals surface area contributed by atoms with Gasteiger partial charge in [-0.2, -0.15) is 4.31 Å². The first-order valence-corrected chi connectivity index (χ1v) is 11.4.